The first-order valence-corrected chi connectivity index (χ1v) is 8.53. The first-order chi connectivity index (χ1) is 9.29. The second-order valence-electron chi connectivity index (χ2n) is 6.74. The minimum atomic E-state index is 0.126. The zero-order valence-electron chi connectivity index (χ0n) is 13.7. The smallest absolute Gasteiger partial charge is 0.131 e. The number of nitrogens with zero attached hydrogens (tertiary/aromatic N) is 3. The van der Waals surface area contributed by atoms with Crippen molar-refractivity contribution in [3.8, 4) is 0 Å². The van der Waals surface area contributed by atoms with E-state index < -0.39 is 0 Å². The van der Waals surface area contributed by atoms with Crippen molar-refractivity contribution in [2.45, 2.75) is 52.2 Å². The number of hydrogen-bond acceptors (Lipinski definition) is 4. The van der Waals surface area contributed by atoms with E-state index in [-0.39, 0.29) is 5.54 Å². The summed E-state index contributed by atoms with van der Waals surface area (Å²) in [5.41, 5.74) is 2.60. The molecule has 0 radical (unpaired) electrons. The summed E-state index contributed by atoms with van der Waals surface area (Å²) in [5.74, 6) is 3.78. The fourth-order valence-corrected chi connectivity index (χ4v) is 3.96. The van der Waals surface area contributed by atoms with E-state index in [0.717, 1.165) is 12.2 Å². The molecule has 0 aliphatic carbocycles. The topological polar surface area (TPSA) is 33.1 Å². The van der Waals surface area contributed by atoms with Gasteiger partial charge in [-0.15, -0.1) is 0 Å². The Balaban J connectivity index is 2.22. The predicted octanol–water partition coefficient (Wildman–Crippen LogP) is 2.56. The zero-order valence-corrected chi connectivity index (χ0v) is 14.5. The normalized spacial score (nSPS) is 19.6. The van der Waals surface area contributed by atoms with E-state index in [4.69, 9.17) is 0 Å². The molecule has 1 fully saturated rings. The average molecular weight is 296 g/mol. The van der Waals surface area contributed by atoms with E-state index in [1.165, 1.54) is 29.3 Å². The molecule has 2 rings (SSSR count). The molecule has 1 aliphatic rings. The van der Waals surface area contributed by atoms with Gasteiger partial charge in [-0.2, -0.15) is 16.9 Å². The van der Waals surface area contributed by atoms with Crippen molar-refractivity contribution in [2.24, 2.45) is 7.05 Å². The van der Waals surface area contributed by atoms with Gasteiger partial charge in [-0.25, -0.2) is 0 Å². The van der Waals surface area contributed by atoms with Gasteiger partial charge in [0.05, 0.1) is 5.69 Å². The number of anilines is 1. The Morgan fingerprint density at radius 1 is 1.45 bits per heavy atom. The van der Waals surface area contributed by atoms with E-state index in [1.54, 1.807) is 0 Å². The van der Waals surface area contributed by atoms with Crippen molar-refractivity contribution in [1.29, 1.82) is 0 Å². The second kappa shape index (κ2) is 5.98. The van der Waals surface area contributed by atoms with E-state index >= 15 is 0 Å². The van der Waals surface area contributed by atoms with Crippen LogP contribution in [0.15, 0.2) is 0 Å². The molecule has 1 unspecified atom stereocenters. The fraction of sp³-hybridized carbons (Fsp3) is 0.800. The molecule has 4 nitrogen and oxygen atoms in total. The van der Waals surface area contributed by atoms with Crippen LogP contribution in [0.1, 0.15) is 38.4 Å². The van der Waals surface area contributed by atoms with Crippen LogP contribution in [0, 0.1) is 6.92 Å². The molecule has 1 aromatic heterocycles. The highest BCUT2D eigenvalue weighted by atomic mass is 32.2. The highest BCUT2D eigenvalue weighted by Gasteiger charge is 2.26. The average Bonchev–Trinajstić information content (AvgIpc) is 2.93. The first kappa shape index (κ1) is 15.7. The molecular weight excluding hydrogens is 268 g/mol. The van der Waals surface area contributed by atoms with Crippen LogP contribution in [-0.2, 0) is 13.6 Å². The summed E-state index contributed by atoms with van der Waals surface area (Å²) in [5, 5.41) is 8.23. The third-order valence-corrected chi connectivity index (χ3v) is 5.04. The van der Waals surface area contributed by atoms with E-state index in [9.17, 15) is 0 Å². The van der Waals surface area contributed by atoms with E-state index in [2.05, 4.69) is 68.9 Å². The minimum absolute atomic E-state index is 0.126. The summed E-state index contributed by atoms with van der Waals surface area (Å²) >= 11 is 2.05. The molecule has 1 aromatic rings. The van der Waals surface area contributed by atoms with Crippen molar-refractivity contribution in [3.05, 3.63) is 11.3 Å². The molecule has 0 bridgehead atoms. The van der Waals surface area contributed by atoms with Gasteiger partial charge in [0, 0.05) is 43.5 Å². The minimum Gasteiger partial charge on any atom is -0.356 e. The Hall–Kier alpha value is -0.680. The SMILES string of the molecule is Cc1nn(C)c(N(C)C2CCSC2)c1CNC(C)(C)C. The molecule has 1 atom stereocenters. The van der Waals surface area contributed by atoms with Crippen molar-refractivity contribution >= 4 is 17.6 Å². The van der Waals surface area contributed by atoms with Crippen LogP contribution in [0.5, 0.6) is 0 Å². The van der Waals surface area contributed by atoms with Crippen LogP contribution in [0.2, 0.25) is 0 Å². The van der Waals surface area contributed by atoms with Gasteiger partial charge in [-0.3, -0.25) is 4.68 Å². The predicted molar refractivity (Wildman–Crippen MR) is 88.7 cm³/mol. The van der Waals surface area contributed by atoms with E-state index in [1.807, 2.05) is 4.68 Å². The summed E-state index contributed by atoms with van der Waals surface area (Å²) in [7, 11) is 4.27. The molecule has 5 heteroatoms. The Bertz CT molecular complexity index is 455. The summed E-state index contributed by atoms with van der Waals surface area (Å²) < 4.78 is 2.04. The second-order valence-corrected chi connectivity index (χ2v) is 7.89. The molecule has 2 heterocycles. The lowest BCUT2D eigenvalue weighted by atomic mass is 10.1. The van der Waals surface area contributed by atoms with Crippen LogP contribution in [0.4, 0.5) is 5.82 Å². The van der Waals surface area contributed by atoms with Gasteiger partial charge in [-0.1, -0.05) is 0 Å². The molecule has 114 valence electrons. The molecule has 20 heavy (non-hydrogen) atoms. The van der Waals surface area contributed by atoms with Crippen LogP contribution >= 0.6 is 11.8 Å². The lowest BCUT2D eigenvalue weighted by molar-refractivity contribution is 0.423. The van der Waals surface area contributed by atoms with Gasteiger partial charge < -0.3 is 10.2 Å². The van der Waals surface area contributed by atoms with Gasteiger partial charge in [0.2, 0.25) is 0 Å². The van der Waals surface area contributed by atoms with Gasteiger partial charge >= 0.3 is 0 Å². The Labute approximate surface area is 127 Å². The maximum absolute atomic E-state index is 4.63. The van der Waals surface area contributed by atoms with Gasteiger partial charge in [0.1, 0.15) is 5.82 Å². The maximum Gasteiger partial charge on any atom is 0.131 e. The van der Waals surface area contributed by atoms with Crippen LogP contribution in [0.25, 0.3) is 0 Å². The van der Waals surface area contributed by atoms with Gasteiger partial charge in [0.15, 0.2) is 0 Å². The summed E-state index contributed by atoms with van der Waals surface area (Å²) in [4.78, 5) is 2.43. The van der Waals surface area contributed by atoms with Crippen LogP contribution < -0.4 is 10.2 Å². The lowest BCUT2D eigenvalue weighted by Gasteiger charge is -2.28. The standard InChI is InChI=1S/C15H28N4S/c1-11-13(9-16-15(2,3)4)14(19(6)17-11)18(5)12-7-8-20-10-12/h12,16H,7-10H2,1-6H3. The quantitative estimate of drug-likeness (QED) is 0.926. The lowest BCUT2D eigenvalue weighted by Crippen LogP contribution is -2.37. The van der Waals surface area contributed by atoms with Crippen LogP contribution in [-0.4, -0.2) is 39.9 Å². The summed E-state index contributed by atoms with van der Waals surface area (Å²) in [6.07, 6.45) is 1.28. The fourth-order valence-electron chi connectivity index (χ4n) is 2.69. The molecule has 0 saturated carbocycles. The monoisotopic (exact) mass is 296 g/mol. The third-order valence-electron chi connectivity index (χ3n) is 3.90. The van der Waals surface area contributed by atoms with Crippen molar-refractivity contribution in [3.63, 3.8) is 0 Å². The molecule has 0 aromatic carbocycles. The Kier molecular flexibility index (Phi) is 4.69. The molecular formula is C15H28N4S. The molecule has 0 spiro atoms. The largest absolute Gasteiger partial charge is 0.356 e. The zero-order chi connectivity index (χ0) is 14.9. The van der Waals surface area contributed by atoms with E-state index in [0.29, 0.717) is 6.04 Å². The maximum atomic E-state index is 4.63. The Morgan fingerprint density at radius 2 is 2.15 bits per heavy atom. The number of nitrogens with one attached hydrogen (secondary N) is 1. The molecule has 0 amide bonds. The van der Waals surface area contributed by atoms with Crippen molar-refractivity contribution in [2.75, 3.05) is 23.5 Å². The number of thioether (sulfide) groups is 1. The highest BCUT2D eigenvalue weighted by Crippen LogP contribution is 2.29. The van der Waals surface area contributed by atoms with Crippen LogP contribution in [0.3, 0.4) is 0 Å². The highest BCUT2D eigenvalue weighted by molar-refractivity contribution is 7.99. The summed E-state index contributed by atoms with van der Waals surface area (Å²) in [6, 6.07) is 0.642. The van der Waals surface area contributed by atoms with Gasteiger partial charge in [0.25, 0.3) is 0 Å². The molecule has 1 saturated heterocycles. The number of aromatic nitrogens is 2. The third kappa shape index (κ3) is 3.50. The van der Waals surface area contributed by atoms with Crippen molar-refractivity contribution < 1.29 is 0 Å². The number of hydrogen-bond donors (Lipinski definition) is 1. The Morgan fingerprint density at radius 3 is 2.70 bits per heavy atom. The molecule has 1 N–H and O–H groups in total. The number of aryl methyl sites for hydroxylation is 2. The molecule has 1 aliphatic heterocycles. The first-order valence-electron chi connectivity index (χ1n) is 7.37. The summed E-state index contributed by atoms with van der Waals surface area (Å²) in [6.45, 7) is 9.60. The van der Waals surface area contributed by atoms with Gasteiger partial charge in [-0.05, 0) is 39.9 Å². The number of rotatable bonds is 4. The van der Waals surface area contributed by atoms with Crippen molar-refractivity contribution in [1.82, 2.24) is 15.1 Å².